The number of aliphatic carboxylic acids is 1. The molecule has 0 aliphatic carbocycles. The van der Waals surface area contributed by atoms with Gasteiger partial charge in [0, 0.05) is 12.8 Å². The largest absolute Gasteiger partial charge is 0.479 e. The van der Waals surface area contributed by atoms with E-state index in [0.717, 1.165) is 83.5 Å². The summed E-state index contributed by atoms with van der Waals surface area (Å²) < 4.78 is 28.4. The first-order valence-electron chi connectivity index (χ1n) is 32.6. The highest BCUT2D eigenvalue weighted by molar-refractivity contribution is 5.74. The van der Waals surface area contributed by atoms with Gasteiger partial charge in [-0.3, -0.25) is 14.4 Å². The van der Waals surface area contributed by atoms with Gasteiger partial charge in [0.05, 0.1) is 13.0 Å². The lowest BCUT2D eigenvalue weighted by molar-refractivity contribution is -0.301. The zero-order valence-corrected chi connectivity index (χ0v) is 51.3. The Labute approximate surface area is 492 Å². The van der Waals surface area contributed by atoms with Crippen molar-refractivity contribution in [3.05, 3.63) is 85.1 Å². The Morgan fingerprint density at radius 2 is 0.815 bits per heavy atom. The molecule has 0 spiro atoms. The smallest absolute Gasteiger partial charge is 0.335 e. The molecule has 81 heavy (non-hydrogen) atoms. The molecule has 0 aromatic carbocycles. The van der Waals surface area contributed by atoms with E-state index in [-0.39, 0.29) is 25.9 Å². The van der Waals surface area contributed by atoms with Gasteiger partial charge in [-0.05, 0) is 77.0 Å². The van der Waals surface area contributed by atoms with Crippen LogP contribution in [0.25, 0.3) is 0 Å². The van der Waals surface area contributed by atoms with E-state index in [1.165, 1.54) is 135 Å². The summed E-state index contributed by atoms with van der Waals surface area (Å²) in [6.45, 7) is 5.80. The van der Waals surface area contributed by atoms with Crippen LogP contribution in [-0.4, -0.2) is 89.2 Å². The third-order valence-corrected chi connectivity index (χ3v) is 14.5. The third-order valence-electron chi connectivity index (χ3n) is 14.5. The number of carboxylic acids is 1. The summed E-state index contributed by atoms with van der Waals surface area (Å²) in [5, 5.41) is 31.6. The summed E-state index contributed by atoms with van der Waals surface area (Å²) in [6, 6.07) is 0. The van der Waals surface area contributed by atoms with Gasteiger partial charge in [0.1, 0.15) is 18.8 Å². The lowest BCUT2D eigenvalue weighted by Crippen LogP contribution is -2.61. The van der Waals surface area contributed by atoms with Crippen LogP contribution in [-0.2, 0) is 42.9 Å². The second-order valence-electron chi connectivity index (χ2n) is 22.0. The minimum Gasteiger partial charge on any atom is -0.479 e. The molecule has 1 aliphatic heterocycles. The first kappa shape index (κ1) is 74.9. The molecular formula is C69H116O12. The predicted molar refractivity (Wildman–Crippen MR) is 331 cm³/mol. The van der Waals surface area contributed by atoms with E-state index in [4.69, 9.17) is 23.7 Å². The fraction of sp³-hybridized carbons (Fsp3) is 0.739. The molecule has 464 valence electrons. The molecule has 1 rings (SSSR count). The highest BCUT2D eigenvalue weighted by Gasteiger charge is 2.50. The fourth-order valence-electron chi connectivity index (χ4n) is 9.53. The predicted octanol–water partition coefficient (Wildman–Crippen LogP) is 17.5. The number of aliphatic hydroxyl groups is 2. The lowest BCUT2D eigenvalue weighted by atomic mass is 9.98. The minimum atomic E-state index is -1.92. The lowest BCUT2D eigenvalue weighted by Gasteiger charge is -2.40. The van der Waals surface area contributed by atoms with E-state index in [2.05, 4.69) is 87.6 Å². The molecule has 12 nitrogen and oxygen atoms in total. The van der Waals surface area contributed by atoms with Crippen LogP contribution in [0.3, 0.4) is 0 Å². The third kappa shape index (κ3) is 46.0. The number of rotatable bonds is 55. The maximum absolute atomic E-state index is 13.1. The quantitative estimate of drug-likeness (QED) is 0.0228. The minimum absolute atomic E-state index is 0.0436. The topological polar surface area (TPSA) is 175 Å². The van der Waals surface area contributed by atoms with Gasteiger partial charge in [-0.25, -0.2) is 4.79 Å². The van der Waals surface area contributed by atoms with Crippen molar-refractivity contribution in [3.63, 3.8) is 0 Å². The van der Waals surface area contributed by atoms with Crippen LogP contribution in [0.1, 0.15) is 278 Å². The summed E-state index contributed by atoms with van der Waals surface area (Å²) in [6.07, 6.45) is 61.4. The van der Waals surface area contributed by atoms with Crippen molar-refractivity contribution in [1.82, 2.24) is 0 Å². The maximum Gasteiger partial charge on any atom is 0.335 e. The summed E-state index contributed by atoms with van der Waals surface area (Å²) in [5.41, 5.74) is 0. The second-order valence-corrected chi connectivity index (χ2v) is 22.0. The molecule has 0 saturated carbocycles. The maximum atomic E-state index is 13.1. The molecule has 3 N–H and O–H groups in total. The number of aliphatic hydroxyl groups excluding tert-OH is 2. The van der Waals surface area contributed by atoms with E-state index in [0.29, 0.717) is 19.3 Å². The average molecular weight is 1140 g/mol. The van der Waals surface area contributed by atoms with Crippen molar-refractivity contribution < 1.29 is 58.2 Å². The number of carbonyl (C=O) groups is 4. The zero-order valence-electron chi connectivity index (χ0n) is 51.3. The van der Waals surface area contributed by atoms with Gasteiger partial charge in [0.25, 0.3) is 0 Å². The van der Waals surface area contributed by atoms with Crippen molar-refractivity contribution >= 4 is 23.9 Å². The number of hydrogen-bond acceptors (Lipinski definition) is 11. The van der Waals surface area contributed by atoms with Crippen LogP contribution in [0.4, 0.5) is 0 Å². The number of allylic oxidation sites excluding steroid dienone is 13. The van der Waals surface area contributed by atoms with Crippen molar-refractivity contribution in [1.29, 1.82) is 0 Å². The van der Waals surface area contributed by atoms with Gasteiger partial charge in [-0.1, -0.05) is 266 Å². The van der Waals surface area contributed by atoms with Crippen LogP contribution < -0.4 is 0 Å². The Hall–Kier alpha value is -4.10. The molecule has 0 amide bonds. The van der Waals surface area contributed by atoms with Crippen molar-refractivity contribution in [2.45, 2.75) is 314 Å². The number of hydrogen-bond donors (Lipinski definition) is 3. The van der Waals surface area contributed by atoms with Crippen LogP contribution in [0.15, 0.2) is 85.1 Å². The number of carbonyl (C=O) groups excluding carboxylic acids is 3. The van der Waals surface area contributed by atoms with E-state index in [9.17, 15) is 34.5 Å². The van der Waals surface area contributed by atoms with Crippen molar-refractivity contribution in [2.24, 2.45) is 0 Å². The highest BCUT2D eigenvalue weighted by Crippen LogP contribution is 2.26. The SMILES string of the molecule is CC/C=C\C/C=C\C/C=C\C/C=C\C/C=C\CC(=O)OC(COC(=O)CCCCCCCCCCCCCCCCCCC)COC1OC(C(=O)O)C(O)C(O)C1OC(=O)CCCCCCCCCCC/C=C\C/C=C\CCCCC. The first-order valence-corrected chi connectivity index (χ1v) is 32.6. The number of carboxylic acid groups (broad SMARTS) is 1. The van der Waals surface area contributed by atoms with Crippen LogP contribution in [0.2, 0.25) is 0 Å². The number of esters is 3. The van der Waals surface area contributed by atoms with Gasteiger partial charge >= 0.3 is 23.9 Å². The van der Waals surface area contributed by atoms with Crippen LogP contribution >= 0.6 is 0 Å². The van der Waals surface area contributed by atoms with Crippen LogP contribution in [0, 0.1) is 0 Å². The average Bonchev–Trinajstić information content (AvgIpc) is 3.52. The Balaban J connectivity index is 2.69. The highest BCUT2D eigenvalue weighted by atomic mass is 16.7. The summed E-state index contributed by atoms with van der Waals surface area (Å²) in [4.78, 5) is 51.2. The molecule has 6 unspecified atom stereocenters. The molecule has 12 heteroatoms. The van der Waals surface area contributed by atoms with Crippen molar-refractivity contribution in [3.8, 4) is 0 Å². The van der Waals surface area contributed by atoms with Gasteiger partial charge in [-0.2, -0.15) is 0 Å². The molecule has 6 atom stereocenters. The summed E-state index contributed by atoms with van der Waals surface area (Å²) >= 11 is 0. The van der Waals surface area contributed by atoms with Gasteiger partial charge < -0.3 is 39.0 Å². The van der Waals surface area contributed by atoms with Crippen LogP contribution in [0.5, 0.6) is 0 Å². The molecule has 0 aromatic heterocycles. The first-order chi connectivity index (χ1) is 39.6. The molecule has 1 saturated heterocycles. The summed E-state index contributed by atoms with van der Waals surface area (Å²) in [5.74, 6) is -3.28. The zero-order chi connectivity index (χ0) is 58.9. The van der Waals surface area contributed by atoms with E-state index < -0.39 is 67.3 Å². The molecule has 0 radical (unpaired) electrons. The molecule has 0 bridgehead atoms. The van der Waals surface area contributed by atoms with Gasteiger partial charge in [0.2, 0.25) is 0 Å². The number of ether oxygens (including phenoxy) is 5. The second kappa shape index (κ2) is 56.4. The van der Waals surface area contributed by atoms with Crippen molar-refractivity contribution in [2.75, 3.05) is 13.2 Å². The normalized spacial score (nSPS) is 18.3. The van der Waals surface area contributed by atoms with E-state index in [1.54, 1.807) is 6.08 Å². The molecular weight excluding hydrogens is 1020 g/mol. The monoisotopic (exact) mass is 1140 g/mol. The molecule has 1 aliphatic rings. The number of unbranched alkanes of at least 4 members (excludes halogenated alkanes) is 28. The van der Waals surface area contributed by atoms with Gasteiger partial charge in [-0.15, -0.1) is 0 Å². The van der Waals surface area contributed by atoms with Gasteiger partial charge in [0.15, 0.2) is 24.6 Å². The molecule has 1 heterocycles. The fourth-order valence-corrected chi connectivity index (χ4v) is 9.53. The molecule has 1 fully saturated rings. The Kier molecular flexibility index (Phi) is 52.1. The van der Waals surface area contributed by atoms with E-state index >= 15 is 0 Å². The summed E-state index contributed by atoms with van der Waals surface area (Å²) in [7, 11) is 0. The Morgan fingerprint density at radius 1 is 0.432 bits per heavy atom. The molecule has 0 aromatic rings. The standard InChI is InChI=1S/C69H116O12/c1-4-7-10-13-16-19-22-25-28-30-31-33-36-39-42-45-48-51-54-57-63(72)80-67-65(74)64(73)66(68(75)76)81-69(67)78-59-60(79-62(71)56-53-50-47-44-41-38-34-27-24-21-18-15-12-9-6-3)58-77-61(70)55-52-49-46-43-40-37-35-32-29-26-23-20-17-14-11-8-5-2/h9,12,16,18-19,21,25,27-28,34,41,44,50,53,60,64-67,69,73-74H,4-8,10-11,13-15,17,20,22-24,26,29-33,35-40,42-43,45-49,51-52,54-59H2,1-3H3,(H,75,76)/b12-9-,19-16-,21-18-,28-25-,34-27-,44-41-,53-50-. The Bertz CT molecular complexity index is 1730. The Morgan fingerprint density at radius 3 is 1.27 bits per heavy atom. The van der Waals surface area contributed by atoms with E-state index in [1.807, 2.05) is 12.2 Å².